The van der Waals surface area contributed by atoms with Crippen molar-refractivity contribution in [2.24, 2.45) is 5.16 Å². The van der Waals surface area contributed by atoms with E-state index in [2.05, 4.69) is 16.2 Å². The zero-order chi connectivity index (χ0) is 21.4. The smallest absolute Gasteiger partial charge is 0.275 e. The topological polar surface area (TPSA) is 68.9 Å². The summed E-state index contributed by atoms with van der Waals surface area (Å²) >= 11 is 0. The van der Waals surface area contributed by atoms with Gasteiger partial charge in [-0.05, 0) is 74.8 Å². The number of aromatic nitrogens is 2. The van der Waals surface area contributed by atoms with Crippen LogP contribution in [0.3, 0.4) is 0 Å². The van der Waals surface area contributed by atoms with Crippen molar-refractivity contribution in [1.82, 2.24) is 14.5 Å². The molecule has 2 aliphatic heterocycles. The highest BCUT2D eigenvalue weighted by molar-refractivity contribution is 6.13. The molecule has 2 aromatic rings. The maximum absolute atomic E-state index is 13.3. The maximum Gasteiger partial charge on any atom is 0.275 e. The van der Waals surface area contributed by atoms with Gasteiger partial charge in [-0.3, -0.25) is 9.69 Å². The predicted molar refractivity (Wildman–Crippen MR) is 118 cm³/mol. The van der Waals surface area contributed by atoms with Crippen LogP contribution >= 0.6 is 0 Å². The molecule has 5 rings (SSSR count). The van der Waals surface area contributed by atoms with E-state index in [4.69, 9.17) is 9.57 Å². The first-order valence-corrected chi connectivity index (χ1v) is 11.1. The summed E-state index contributed by atoms with van der Waals surface area (Å²) < 4.78 is 7.59. The number of methoxy groups -OCH3 is 1. The number of amides is 1. The van der Waals surface area contributed by atoms with Gasteiger partial charge in [0.05, 0.1) is 24.8 Å². The van der Waals surface area contributed by atoms with E-state index < -0.39 is 5.60 Å². The monoisotopic (exact) mass is 420 g/mol. The zero-order valence-electron chi connectivity index (χ0n) is 18.1. The van der Waals surface area contributed by atoms with E-state index in [0.29, 0.717) is 12.4 Å². The number of hydrogen-bond acceptors (Lipinski definition) is 5. The molecule has 1 aromatic carbocycles. The zero-order valence-corrected chi connectivity index (χ0v) is 18.1. The fourth-order valence-corrected chi connectivity index (χ4v) is 4.86. The third-order valence-corrected chi connectivity index (χ3v) is 6.51. The van der Waals surface area contributed by atoms with Crippen LogP contribution in [0.25, 0.3) is 11.8 Å². The highest BCUT2D eigenvalue weighted by Crippen LogP contribution is 2.38. The molecule has 1 aliphatic carbocycles. The molecule has 2 fully saturated rings. The molecule has 1 saturated carbocycles. The summed E-state index contributed by atoms with van der Waals surface area (Å²) in [7, 11) is 1.67. The number of carbonyl (C=O) groups is 1. The van der Waals surface area contributed by atoms with Crippen LogP contribution in [0.4, 0.5) is 0 Å². The normalized spacial score (nSPS) is 21.6. The Bertz CT molecular complexity index is 1060. The van der Waals surface area contributed by atoms with Gasteiger partial charge in [-0.2, -0.15) is 0 Å². The first-order chi connectivity index (χ1) is 15.1. The van der Waals surface area contributed by atoms with Gasteiger partial charge >= 0.3 is 0 Å². The van der Waals surface area contributed by atoms with Crippen molar-refractivity contribution in [3.05, 3.63) is 47.6 Å². The molecule has 1 aromatic heterocycles. The Morgan fingerprint density at radius 3 is 2.77 bits per heavy atom. The van der Waals surface area contributed by atoms with Crippen LogP contribution in [0, 0.1) is 6.92 Å². The molecule has 7 nitrogen and oxygen atoms in total. The molecular formula is C24H28N4O3. The van der Waals surface area contributed by atoms with Crippen LogP contribution < -0.4 is 4.74 Å². The molecule has 7 heteroatoms. The number of benzene rings is 1. The van der Waals surface area contributed by atoms with Crippen LogP contribution in [0.15, 0.2) is 41.5 Å². The summed E-state index contributed by atoms with van der Waals surface area (Å²) in [6.45, 7) is 2.67. The first-order valence-electron chi connectivity index (χ1n) is 11.1. The van der Waals surface area contributed by atoms with Gasteiger partial charge in [-0.15, -0.1) is 0 Å². The highest BCUT2D eigenvalue weighted by atomic mass is 16.7. The molecule has 3 aliphatic rings. The molecule has 0 atom stereocenters. The molecule has 31 heavy (non-hydrogen) atoms. The lowest BCUT2D eigenvalue weighted by Crippen LogP contribution is -2.58. The second-order valence-electron chi connectivity index (χ2n) is 8.64. The van der Waals surface area contributed by atoms with Gasteiger partial charge in [0.15, 0.2) is 5.84 Å². The van der Waals surface area contributed by atoms with Crippen LogP contribution in [-0.4, -0.2) is 45.4 Å². The SMILES string of the molecule is COc1cc(/C=C2\CCCN3C(=O)C4(CCCCC4)ON=C23)ccc1-n1cnc(C)c1. The van der Waals surface area contributed by atoms with Gasteiger partial charge in [0, 0.05) is 12.7 Å². The number of hydrogen-bond donors (Lipinski definition) is 0. The Morgan fingerprint density at radius 2 is 2.03 bits per heavy atom. The molecule has 0 unspecified atom stereocenters. The minimum atomic E-state index is -0.738. The number of imidazole rings is 1. The van der Waals surface area contributed by atoms with E-state index in [1.807, 2.05) is 40.8 Å². The Balaban J connectivity index is 1.46. The second kappa shape index (κ2) is 7.87. The fraction of sp³-hybridized carbons (Fsp3) is 0.458. The van der Waals surface area contributed by atoms with Crippen LogP contribution in [-0.2, 0) is 9.63 Å². The van der Waals surface area contributed by atoms with Crippen molar-refractivity contribution in [2.45, 2.75) is 57.5 Å². The van der Waals surface area contributed by atoms with E-state index in [1.54, 1.807) is 13.4 Å². The summed E-state index contributed by atoms with van der Waals surface area (Å²) in [6.07, 6.45) is 12.4. The van der Waals surface area contributed by atoms with Crippen LogP contribution in [0.5, 0.6) is 5.75 Å². The van der Waals surface area contributed by atoms with Crippen LogP contribution in [0.1, 0.15) is 56.2 Å². The van der Waals surface area contributed by atoms with E-state index in [0.717, 1.165) is 73.2 Å². The lowest BCUT2D eigenvalue weighted by atomic mass is 9.82. The van der Waals surface area contributed by atoms with Gasteiger partial charge in [-0.25, -0.2) is 4.98 Å². The Kier molecular flexibility index (Phi) is 5.04. The minimum Gasteiger partial charge on any atom is -0.495 e. The molecule has 0 bridgehead atoms. The van der Waals surface area contributed by atoms with E-state index in [-0.39, 0.29) is 5.91 Å². The van der Waals surface area contributed by atoms with Crippen molar-refractivity contribution in [1.29, 1.82) is 0 Å². The average molecular weight is 421 g/mol. The number of aryl methyl sites for hydroxylation is 1. The van der Waals surface area contributed by atoms with Gasteiger partial charge in [0.2, 0.25) is 5.60 Å². The molecule has 162 valence electrons. The van der Waals surface area contributed by atoms with Gasteiger partial charge in [0.1, 0.15) is 5.75 Å². The largest absolute Gasteiger partial charge is 0.495 e. The minimum absolute atomic E-state index is 0.0891. The standard InChI is InChI=1S/C24H28N4O3/c1-17-15-27(16-25-17)20-9-8-18(14-21(20)30-2)13-19-7-6-12-28-22(19)26-31-24(23(28)29)10-4-3-5-11-24/h8-9,13-16H,3-7,10-12H2,1-2H3/b19-13+. The van der Waals surface area contributed by atoms with E-state index in [9.17, 15) is 4.79 Å². The number of amidine groups is 1. The molecule has 3 heterocycles. The van der Waals surface area contributed by atoms with Crippen molar-refractivity contribution in [3.8, 4) is 11.4 Å². The lowest BCUT2D eigenvalue weighted by Gasteiger charge is -2.43. The summed E-state index contributed by atoms with van der Waals surface area (Å²) in [4.78, 5) is 25.4. The van der Waals surface area contributed by atoms with Gasteiger partial charge in [-0.1, -0.05) is 17.6 Å². The lowest BCUT2D eigenvalue weighted by molar-refractivity contribution is -0.165. The number of piperidine rings is 1. The van der Waals surface area contributed by atoms with E-state index in [1.165, 1.54) is 0 Å². The second-order valence-corrected chi connectivity index (χ2v) is 8.64. The number of nitrogens with zero attached hydrogens (tertiary/aromatic N) is 4. The number of ether oxygens (including phenoxy) is 1. The van der Waals surface area contributed by atoms with Gasteiger partial charge < -0.3 is 14.1 Å². The maximum atomic E-state index is 13.3. The van der Waals surface area contributed by atoms with Crippen molar-refractivity contribution < 1.29 is 14.4 Å². The molecule has 1 amide bonds. The molecule has 1 saturated heterocycles. The van der Waals surface area contributed by atoms with Gasteiger partial charge in [0.25, 0.3) is 5.91 Å². The Labute approximate surface area is 182 Å². The number of rotatable bonds is 3. The number of carbonyl (C=O) groups excluding carboxylic acids is 1. The van der Waals surface area contributed by atoms with E-state index >= 15 is 0 Å². The number of fused-ring (bicyclic) bond motifs is 1. The fourth-order valence-electron chi connectivity index (χ4n) is 4.86. The Morgan fingerprint density at radius 1 is 1.19 bits per heavy atom. The summed E-state index contributed by atoms with van der Waals surface area (Å²) in [6, 6.07) is 6.08. The third-order valence-electron chi connectivity index (χ3n) is 6.51. The summed E-state index contributed by atoms with van der Waals surface area (Å²) in [5, 5.41) is 4.48. The molecule has 0 N–H and O–H groups in total. The summed E-state index contributed by atoms with van der Waals surface area (Å²) in [5.41, 5.74) is 3.17. The van der Waals surface area contributed by atoms with Crippen molar-refractivity contribution in [2.75, 3.05) is 13.7 Å². The summed E-state index contributed by atoms with van der Waals surface area (Å²) in [5.74, 6) is 1.52. The predicted octanol–water partition coefficient (Wildman–Crippen LogP) is 4.24. The average Bonchev–Trinajstić information content (AvgIpc) is 3.23. The highest BCUT2D eigenvalue weighted by Gasteiger charge is 2.49. The third kappa shape index (κ3) is 3.52. The van der Waals surface area contributed by atoms with Crippen molar-refractivity contribution in [3.63, 3.8) is 0 Å². The number of oxime groups is 1. The quantitative estimate of drug-likeness (QED) is 0.745. The molecular weight excluding hydrogens is 392 g/mol. The molecule has 0 radical (unpaired) electrons. The Hall–Kier alpha value is -3.09. The first kappa shape index (κ1) is 19.8. The van der Waals surface area contributed by atoms with Crippen molar-refractivity contribution >= 4 is 17.8 Å². The molecule has 1 spiro atoms. The van der Waals surface area contributed by atoms with Crippen LogP contribution in [0.2, 0.25) is 0 Å².